The lowest BCUT2D eigenvalue weighted by Crippen LogP contribution is -2.43. The van der Waals surface area contributed by atoms with Crippen LogP contribution >= 0.6 is 11.6 Å². The predicted octanol–water partition coefficient (Wildman–Crippen LogP) is 4.40. The van der Waals surface area contributed by atoms with Gasteiger partial charge in [-0.15, -0.1) is 0 Å². The number of hydrogen-bond donors (Lipinski definition) is 1. The number of carbonyl (C=O) groups excluding carboxylic acids is 1. The second kappa shape index (κ2) is 11.3. The molecule has 0 unspecified atom stereocenters. The van der Waals surface area contributed by atoms with Crippen molar-refractivity contribution in [1.29, 1.82) is 0 Å². The lowest BCUT2D eigenvalue weighted by atomic mass is 9.99. The number of nitrogens with zero attached hydrogens (tertiary/aromatic N) is 5. The van der Waals surface area contributed by atoms with E-state index in [2.05, 4.69) is 5.10 Å². The predicted molar refractivity (Wildman–Crippen MR) is 146 cm³/mol. The molecule has 2 heterocycles. The first-order valence-electron chi connectivity index (χ1n) is 12.5. The minimum atomic E-state index is -0.507. The highest BCUT2D eigenvalue weighted by Crippen LogP contribution is 2.31. The molecule has 0 spiro atoms. The molecule has 8 nitrogen and oxygen atoms in total. The Kier molecular flexibility index (Phi) is 8.10. The number of hydrogen-bond acceptors (Lipinski definition) is 5. The standard InChI is InChI=1S/C28H33ClN6O2/c1-18(2)24(33(15-9-14-30)27(36)22-13-8-10-19(3)16-22)26-31-25-23(29)20(4)32-35(25)28(37)34(26)17-21-11-6-5-7-12-21/h5-8,10-13,16,18,24H,9,14-15,17,30H2,1-4H3/t24-/m0/s1. The third kappa shape index (κ3) is 5.45. The van der Waals surface area contributed by atoms with Gasteiger partial charge >= 0.3 is 5.69 Å². The second-order valence-electron chi connectivity index (χ2n) is 9.66. The third-order valence-corrected chi connectivity index (χ3v) is 6.86. The van der Waals surface area contributed by atoms with Gasteiger partial charge in [-0.1, -0.05) is 73.5 Å². The van der Waals surface area contributed by atoms with Crippen molar-refractivity contribution in [2.75, 3.05) is 13.1 Å². The van der Waals surface area contributed by atoms with Crippen molar-refractivity contribution < 1.29 is 4.79 Å². The molecule has 2 N–H and O–H groups in total. The van der Waals surface area contributed by atoms with Crippen LogP contribution in [0.25, 0.3) is 5.65 Å². The maximum Gasteiger partial charge on any atom is 0.352 e. The van der Waals surface area contributed by atoms with Crippen LogP contribution in [-0.2, 0) is 6.54 Å². The summed E-state index contributed by atoms with van der Waals surface area (Å²) >= 11 is 6.53. The van der Waals surface area contributed by atoms with E-state index < -0.39 is 6.04 Å². The lowest BCUT2D eigenvalue weighted by molar-refractivity contribution is 0.0601. The molecule has 194 valence electrons. The van der Waals surface area contributed by atoms with E-state index in [0.717, 1.165) is 11.1 Å². The molecule has 4 rings (SSSR count). The van der Waals surface area contributed by atoms with Gasteiger partial charge in [-0.25, -0.2) is 9.78 Å². The first kappa shape index (κ1) is 26.6. The van der Waals surface area contributed by atoms with Crippen molar-refractivity contribution in [2.45, 2.75) is 46.7 Å². The lowest BCUT2D eigenvalue weighted by Gasteiger charge is -2.35. The van der Waals surface area contributed by atoms with Crippen LogP contribution in [0.4, 0.5) is 0 Å². The average molecular weight is 521 g/mol. The first-order chi connectivity index (χ1) is 17.7. The van der Waals surface area contributed by atoms with E-state index in [4.69, 9.17) is 22.3 Å². The summed E-state index contributed by atoms with van der Waals surface area (Å²) in [6.07, 6.45) is 0.610. The van der Waals surface area contributed by atoms with Crippen LogP contribution in [0.15, 0.2) is 59.4 Å². The zero-order valence-electron chi connectivity index (χ0n) is 21.7. The molecule has 0 aliphatic rings. The molecule has 0 saturated heterocycles. The van der Waals surface area contributed by atoms with E-state index in [0.29, 0.717) is 41.6 Å². The van der Waals surface area contributed by atoms with Gasteiger partial charge < -0.3 is 10.6 Å². The quantitative estimate of drug-likeness (QED) is 0.353. The number of carbonyl (C=O) groups is 1. The van der Waals surface area contributed by atoms with Gasteiger partial charge in [0.2, 0.25) is 0 Å². The molecule has 1 amide bonds. The number of aryl methyl sites for hydroxylation is 2. The van der Waals surface area contributed by atoms with Crippen molar-refractivity contribution in [1.82, 2.24) is 24.1 Å². The number of benzene rings is 2. The highest BCUT2D eigenvalue weighted by molar-refractivity contribution is 6.34. The maximum absolute atomic E-state index is 13.9. The van der Waals surface area contributed by atoms with E-state index in [1.165, 1.54) is 4.52 Å². The van der Waals surface area contributed by atoms with E-state index in [1.807, 2.05) is 75.4 Å². The minimum absolute atomic E-state index is 0.0642. The van der Waals surface area contributed by atoms with Gasteiger partial charge in [0.15, 0.2) is 5.65 Å². The summed E-state index contributed by atoms with van der Waals surface area (Å²) in [5.41, 5.74) is 8.83. The Bertz CT molecular complexity index is 1460. The number of rotatable bonds is 9. The average Bonchev–Trinajstić information content (AvgIpc) is 3.17. The molecule has 37 heavy (non-hydrogen) atoms. The van der Waals surface area contributed by atoms with Gasteiger partial charge in [-0.3, -0.25) is 9.36 Å². The van der Waals surface area contributed by atoms with E-state index in [9.17, 15) is 9.59 Å². The molecule has 2 aromatic carbocycles. The fourth-order valence-electron chi connectivity index (χ4n) is 4.62. The summed E-state index contributed by atoms with van der Waals surface area (Å²) < 4.78 is 2.85. The maximum atomic E-state index is 13.9. The van der Waals surface area contributed by atoms with E-state index in [1.54, 1.807) is 16.4 Å². The second-order valence-corrected chi connectivity index (χ2v) is 10.0. The minimum Gasteiger partial charge on any atom is -0.330 e. The summed E-state index contributed by atoms with van der Waals surface area (Å²) in [5, 5.41) is 4.66. The molecule has 9 heteroatoms. The Morgan fingerprint density at radius 2 is 1.84 bits per heavy atom. The number of halogens is 1. The van der Waals surface area contributed by atoms with Crippen molar-refractivity contribution in [3.05, 3.63) is 98.3 Å². The van der Waals surface area contributed by atoms with Crippen LogP contribution < -0.4 is 11.4 Å². The Labute approximate surface area is 221 Å². The Morgan fingerprint density at radius 3 is 2.49 bits per heavy atom. The number of nitrogens with two attached hydrogens (primary N) is 1. The number of aromatic nitrogens is 4. The normalized spacial score (nSPS) is 12.3. The van der Waals surface area contributed by atoms with Crippen molar-refractivity contribution in [3.8, 4) is 0 Å². The summed E-state index contributed by atoms with van der Waals surface area (Å²) in [4.78, 5) is 34.4. The molecule has 2 aromatic heterocycles. The van der Waals surface area contributed by atoms with Gasteiger partial charge in [0, 0.05) is 12.1 Å². The van der Waals surface area contributed by atoms with Crippen LogP contribution in [0.1, 0.15) is 59.3 Å². The van der Waals surface area contributed by atoms with Crippen molar-refractivity contribution in [3.63, 3.8) is 0 Å². The zero-order valence-corrected chi connectivity index (χ0v) is 22.4. The van der Waals surface area contributed by atoms with E-state index >= 15 is 0 Å². The summed E-state index contributed by atoms with van der Waals surface area (Å²) in [6, 6.07) is 16.7. The molecule has 4 aromatic rings. The Hall–Kier alpha value is -3.49. The van der Waals surface area contributed by atoms with Crippen LogP contribution in [-0.4, -0.2) is 43.1 Å². The Morgan fingerprint density at radius 1 is 1.11 bits per heavy atom. The third-order valence-electron chi connectivity index (χ3n) is 6.42. The van der Waals surface area contributed by atoms with Crippen molar-refractivity contribution >= 4 is 23.2 Å². The number of amides is 1. The molecule has 0 saturated carbocycles. The fraction of sp³-hybridized carbons (Fsp3) is 0.357. The fourth-order valence-corrected chi connectivity index (χ4v) is 4.78. The van der Waals surface area contributed by atoms with Crippen molar-refractivity contribution in [2.24, 2.45) is 11.7 Å². The van der Waals surface area contributed by atoms with Crippen LogP contribution in [0.5, 0.6) is 0 Å². The first-order valence-corrected chi connectivity index (χ1v) is 12.9. The molecular weight excluding hydrogens is 488 g/mol. The highest BCUT2D eigenvalue weighted by Gasteiger charge is 2.33. The van der Waals surface area contributed by atoms with Crippen LogP contribution in [0, 0.1) is 19.8 Å². The van der Waals surface area contributed by atoms with E-state index in [-0.39, 0.29) is 29.7 Å². The van der Waals surface area contributed by atoms with Crippen LogP contribution in [0.2, 0.25) is 5.02 Å². The molecule has 0 bridgehead atoms. The van der Waals surface area contributed by atoms with Gasteiger partial charge in [-0.2, -0.15) is 9.61 Å². The SMILES string of the molecule is Cc1cccc(C(=O)N(CCCN)[C@H](c2nc3c(Cl)c(C)nn3c(=O)n2Cc2ccccc2)C(C)C)c1. The van der Waals surface area contributed by atoms with Gasteiger partial charge in [0.25, 0.3) is 5.91 Å². The molecular formula is C28H33ClN6O2. The zero-order chi connectivity index (χ0) is 26.7. The molecule has 0 fully saturated rings. The molecule has 0 aliphatic carbocycles. The smallest absolute Gasteiger partial charge is 0.330 e. The molecule has 0 aliphatic heterocycles. The summed E-state index contributed by atoms with van der Waals surface area (Å²) in [6.45, 7) is 8.88. The Balaban J connectivity index is 1.95. The largest absolute Gasteiger partial charge is 0.352 e. The number of fused-ring (bicyclic) bond motifs is 1. The summed E-state index contributed by atoms with van der Waals surface area (Å²) in [5.74, 6) is 0.272. The van der Waals surface area contributed by atoms with Gasteiger partial charge in [0.1, 0.15) is 10.8 Å². The van der Waals surface area contributed by atoms with Crippen LogP contribution in [0.3, 0.4) is 0 Å². The monoisotopic (exact) mass is 520 g/mol. The highest BCUT2D eigenvalue weighted by atomic mass is 35.5. The summed E-state index contributed by atoms with van der Waals surface area (Å²) in [7, 11) is 0. The topological polar surface area (TPSA) is 98.5 Å². The van der Waals surface area contributed by atoms with Gasteiger partial charge in [-0.05, 0) is 50.4 Å². The van der Waals surface area contributed by atoms with Gasteiger partial charge in [0.05, 0.1) is 18.3 Å². The molecule has 1 atom stereocenters. The molecule has 0 radical (unpaired) electrons.